The Kier molecular flexibility index (Phi) is 71.2. The van der Waals surface area contributed by atoms with Crippen molar-refractivity contribution < 1.29 is 80.2 Å². The Labute approximate surface area is 613 Å². The van der Waals surface area contributed by atoms with Crippen LogP contribution in [0.1, 0.15) is 427 Å². The van der Waals surface area contributed by atoms with Crippen molar-refractivity contribution in [1.82, 2.24) is 0 Å². The maximum absolute atomic E-state index is 13.1. The average Bonchev–Trinajstić information content (AvgIpc) is 0.981. The van der Waals surface area contributed by atoms with Gasteiger partial charge < -0.3 is 33.8 Å². The quantitative estimate of drug-likeness (QED) is 0.0222. The van der Waals surface area contributed by atoms with Gasteiger partial charge in [0.25, 0.3) is 0 Å². The summed E-state index contributed by atoms with van der Waals surface area (Å²) in [5.41, 5.74) is 0. The number of carbonyl (C=O) groups excluding carboxylic acids is 4. The van der Waals surface area contributed by atoms with Crippen molar-refractivity contribution in [2.24, 2.45) is 11.8 Å². The van der Waals surface area contributed by atoms with E-state index in [2.05, 4.69) is 41.5 Å². The molecule has 0 radical (unpaired) electrons. The van der Waals surface area contributed by atoms with Gasteiger partial charge in [0.1, 0.15) is 19.3 Å². The molecule has 3 unspecified atom stereocenters. The summed E-state index contributed by atoms with van der Waals surface area (Å²) in [6.45, 7) is 9.66. The van der Waals surface area contributed by atoms with Crippen LogP contribution >= 0.6 is 15.6 Å². The Hall–Kier alpha value is -1.94. The summed E-state index contributed by atoms with van der Waals surface area (Å²) in [4.78, 5) is 73.1. The second-order valence-corrected chi connectivity index (χ2v) is 32.8. The van der Waals surface area contributed by atoms with E-state index in [4.69, 9.17) is 37.0 Å². The first-order valence-corrected chi connectivity index (χ1v) is 45.0. The Morgan fingerprint density at radius 2 is 0.510 bits per heavy atom. The SMILES string of the molecule is CCCCCCCCCCCCCCCCCCCCCC(=O)O[C@H](COC(=O)CCCCCCCCCCCCCCC(C)C)COP(=O)(O)OC[C@@H](O)COP(=O)(O)OC[C@@H](COC(=O)CCCCCCCCCCC(C)CC)OC(=O)CCCCCCCCCCCCCCCC. The van der Waals surface area contributed by atoms with Gasteiger partial charge >= 0.3 is 39.5 Å². The van der Waals surface area contributed by atoms with Gasteiger partial charge in [-0.3, -0.25) is 37.3 Å². The molecule has 0 aliphatic heterocycles. The van der Waals surface area contributed by atoms with Crippen molar-refractivity contribution in [3.05, 3.63) is 0 Å². The molecule has 0 rings (SSSR count). The van der Waals surface area contributed by atoms with Crippen molar-refractivity contribution in [3.63, 3.8) is 0 Å². The average molecular weight is 1470 g/mol. The van der Waals surface area contributed by atoms with Crippen LogP contribution in [-0.4, -0.2) is 96.7 Å². The lowest BCUT2D eigenvalue weighted by Gasteiger charge is -2.21. The summed E-state index contributed by atoms with van der Waals surface area (Å²) in [6, 6.07) is 0. The smallest absolute Gasteiger partial charge is 0.462 e. The molecule has 0 aromatic rings. The lowest BCUT2D eigenvalue weighted by Crippen LogP contribution is -2.30. The highest BCUT2D eigenvalue weighted by Gasteiger charge is 2.30. The molecule has 100 heavy (non-hydrogen) atoms. The third-order valence-corrected chi connectivity index (χ3v) is 21.2. The summed E-state index contributed by atoms with van der Waals surface area (Å²) in [5, 5.41) is 10.6. The van der Waals surface area contributed by atoms with Crippen molar-refractivity contribution in [1.29, 1.82) is 0 Å². The van der Waals surface area contributed by atoms with Crippen LogP contribution in [0.15, 0.2) is 0 Å². The van der Waals surface area contributed by atoms with Crippen LogP contribution in [0, 0.1) is 11.8 Å². The van der Waals surface area contributed by atoms with E-state index < -0.39 is 97.5 Å². The van der Waals surface area contributed by atoms with E-state index in [9.17, 15) is 43.2 Å². The van der Waals surface area contributed by atoms with E-state index >= 15 is 0 Å². The summed E-state index contributed by atoms with van der Waals surface area (Å²) < 4.78 is 68.8. The fourth-order valence-corrected chi connectivity index (χ4v) is 14.1. The second kappa shape index (κ2) is 72.6. The number of hydrogen-bond donors (Lipinski definition) is 3. The zero-order chi connectivity index (χ0) is 73.5. The summed E-state index contributed by atoms with van der Waals surface area (Å²) in [6.07, 6.45) is 62.3. The van der Waals surface area contributed by atoms with Crippen molar-refractivity contribution in [3.8, 4) is 0 Å². The number of phosphoric ester groups is 2. The van der Waals surface area contributed by atoms with Crippen LogP contribution in [0.25, 0.3) is 0 Å². The number of hydrogen-bond acceptors (Lipinski definition) is 15. The van der Waals surface area contributed by atoms with Crippen molar-refractivity contribution >= 4 is 39.5 Å². The van der Waals surface area contributed by atoms with Gasteiger partial charge in [-0.25, -0.2) is 9.13 Å². The molecule has 0 aromatic heterocycles. The molecule has 0 saturated carbocycles. The van der Waals surface area contributed by atoms with E-state index in [1.165, 1.54) is 244 Å². The third kappa shape index (κ3) is 73.0. The predicted molar refractivity (Wildman–Crippen MR) is 409 cm³/mol. The Morgan fingerprint density at radius 1 is 0.290 bits per heavy atom. The van der Waals surface area contributed by atoms with E-state index in [1.54, 1.807) is 0 Å². The number of aliphatic hydroxyl groups is 1. The van der Waals surface area contributed by atoms with Crippen LogP contribution in [0.2, 0.25) is 0 Å². The fraction of sp³-hybridized carbons (Fsp3) is 0.951. The molecule has 0 aliphatic rings. The van der Waals surface area contributed by atoms with Crippen LogP contribution in [-0.2, 0) is 65.4 Å². The molecule has 0 aliphatic carbocycles. The van der Waals surface area contributed by atoms with Gasteiger partial charge in [-0.15, -0.1) is 0 Å². The van der Waals surface area contributed by atoms with Gasteiger partial charge in [0.05, 0.1) is 26.4 Å². The molecule has 0 spiro atoms. The third-order valence-electron chi connectivity index (χ3n) is 19.3. The minimum atomic E-state index is -4.96. The highest BCUT2D eigenvalue weighted by molar-refractivity contribution is 7.47. The van der Waals surface area contributed by atoms with Crippen LogP contribution in [0.3, 0.4) is 0 Å². The van der Waals surface area contributed by atoms with Gasteiger partial charge in [0.15, 0.2) is 12.2 Å². The van der Waals surface area contributed by atoms with E-state index in [0.717, 1.165) is 102 Å². The Balaban J connectivity index is 5.26. The predicted octanol–water partition coefficient (Wildman–Crippen LogP) is 24.3. The minimum absolute atomic E-state index is 0.108. The standard InChI is InChI=1S/C81H158O17P2/c1-7-10-12-14-16-18-20-22-24-25-26-27-28-30-36-40-48-54-60-66-81(86)97-76(69-91-78(83)63-57-51-45-38-34-32-31-33-37-43-49-55-61-73(4)5)71-95-99(87,88)93-67-75(82)68-94-100(89,90)96-72-77(70-92-79(84)64-58-52-46-42-41-44-50-56-62-74(6)9-3)98-80(85)65-59-53-47-39-35-29-23-21-19-17-15-13-11-8-2/h73-77,82H,7-72H2,1-6H3,(H,87,88)(H,89,90)/t74?,75-,76-,77-/m1/s1. The normalized spacial score (nSPS) is 14.2. The molecule has 594 valence electrons. The molecular formula is C81H158O17P2. The number of phosphoric acid groups is 2. The maximum Gasteiger partial charge on any atom is 0.472 e. The Morgan fingerprint density at radius 3 is 0.760 bits per heavy atom. The lowest BCUT2D eigenvalue weighted by molar-refractivity contribution is -0.161. The van der Waals surface area contributed by atoms with Gasteiger partial charge in [0, 0.05) is 25.7 Å². The molecular weight excluding hydrogens is 1310 g/mol. The van der Waals surface area contributed by atoms with E-state index in [0.29, 0.717) is 25.7 Å². The number of ether oxygens (including phenoxy) is 4. The number of aliphatic hydroxyl groups excluding tert-OH is 1. The molecule has 6 atom stereocenters. The minimum Gasteiger partial charge on any atom is -0.462 e. The summed E-state index contributed by atoms with van der Waals surface area (Å²) >= 11 is 0. The van der Waals surface area contributed by atoms with Gasteiger partial charge in [-0.05, 0) is 37.5 Å². The topological polar surface area (TPSA) is 237 Å². The highest BCUT2D eigenvalue weighted by atomic mass is 31.2. The molecule has 17 nitrogen and oxygen atoms in total. The molecule has 0 bridgehead atoms. The van der Waals surface area contributed by atoms with Crippen LogP contribution in [0.4, 0.5) is 0 Å². The molecule has 0 fully saturated rings. The van der Waals surface area contributed by atoms with Crippen molar-refractivity contribution in [2.45, 2.75) is 445 Å². The second-order valence-electron chi connectivity index (χ2n) is 29.9. The molecule has 0 heterocycles. The number of rotatable bonds is 80. The van der Waals surface area contributed by atoms with Crippen molar-refractivity contribution in [2.75, 3.05) is 39.6 Å². The first-order chi connectivity index (χ1) is 48.4. The van der Waals surface area contributed by atoms with E-state index in [-0.39, 0.29) is 25.7 Å². The number of unbranched alkanes of at least 4 members (excludes halogenated alkanes) is 49. The molecule has 3 N–H and O–H groups in total. The zero-order valence-corrected chi connectivity index (χ0v) is 67.3. The van der Waals surface area contributed by atoms with Crippen LogP contribution < -0.4 is 0 Å². The molecule has 0 saturated heterocycles. The van der Waals surface area contributed by atoms with Crippen LogP contribution in [0.5, 0.6) is 0 Å². The zero-order valence-electron chi connectivity index (χ0n) is 65.5. The first-order valence-electron chi connectivity index (χ1n) is 42.0. The van der Waals surface area contributed by atoms with Gasteiger partial charge in [-0.1, -0.05) is 375 Å². The lowest BCUT2D eigenvalue weighted by atomic mass is 9.99. The summed E-state index contributed by atoms with van der Waals surface area (Å²) in [7, 11) is -9.92. The van der Waals surface area contributed by atoms with E-state index in [1.807, 2.05) is 0 Å². The monoisotopic (exact) mass is 1470 g/mol. The first kappa shape index (κ1) is 98.1. The molecule has 0 amide bonds. The van der Waals surface area contributed by atoms with Gasteiger partial charge in [-0.2, -0.15) is 0 Å². The fourth-order valence-electron chi connectivity index (χ4n) is 12.5. The molecule has 0 aromatic carbocycles. The van der Waals surface area contributed by atoms with Gasteiger partial charge in [0.2, 0.25) is 0 Å². The molecule has 19 heteroatoms. The highest BCUT2D eigenvalue weighted by Crippen LogP contribution is 2.45. The largest absolute Gasteiger partial charge is 0.472 e. The summed E-state index contributed by atoms with van der Waals surface area (Å²) in [5.74, 6) is -0.548. The number of esters is 4. The number of carbonyl (C=O) groups is 4. The Bertz CT molecular complexity index is 1930. The maximum atomic E-state index is 13.1.